The Morgan fingerprint density at radius 2 is 2.04 bits per heavy atom. The van der Waals surface area contributed by atoms with E-state index in [1.54, 1.807) is 7.05 Å². The Balaban J connectivity index is 1.40. The van der Waals surface area contributed by atoms with Gasteiger partial charge in [-0.05, 0) is 24.0 Å². The maximum atomic E-state index is 12.1. The lowest BCUT2D eigenvalue weighted by Gasteiger charge is -2.29. The Bertz CT molecular complexity index is 672. The van der Waals surface area contributed by atoms with Gasteiger partial charge in [-0.1, -0.05) is 38.1 Å². The Kier molecular flexibility index (Phi) is 6.72. The molecule has 1 aromatic carbocycles. The van der Waals surface area contributed by atoms with Crippen LogP contribution in [0.15, 0.2) is 29.3 Å². The van der Waals surface area contributed by atoms with Gasteiger partial charge in [-0.3, -0.25) is 14.7 Å². The van der Waals surface area contributed by atoms with Gasteiger partial charge in [-0.15, -0.1) is 0 Å². The van der Waals surface area contributed by atoms with Gasteiger partial charge in [-0.25, -0.2) is 0 Å². The number of hydrogen-bond donors (Lipinski definition) is 2. The predicted octanol–water partition coefficient (Wildman–Crippen LogP) is 1.47. The van der Waals surface area contributed by atoms with Crippen LogP contribution in [-0.4, -0.2) is 67.5 Å². The quantitative estimate of drug-likeness (QED) is 0.608. The van der Waals surface area contributed by atoms with Crippen LogP contribution in [0.1, 0.15) is 31.4 Å². The normalized spacial score (nSPS) is 20.7. The van der Waals surface area contributed by atoms with Crippen LogP contribution in [0.5, 0.6) is 0 Å². The summed E-state index contributed by atoms with van der Waals surface area (Å²) in [4.78, 5) is 20.9. The van der Waals surface area contributed by atoms with Crippen molar-refractivity contribution in [3.8, 4) is 0 Å². The highest BCUT2D eigenvalue weighted by molar-refractivity contribution is 5.81. The van der Waals surface area contributed by atoms with Crippen LogP contribution in [0.25, 0.3) is 0 Å². The molecule has 3 rings (SSSR count). The molecule has 1 atom stereocenters. The minimum Gasteiger partial charge on any atom is -0.355 e. The lowest BCUT2D eigenvalue weighted by atomic mass is 10.00. The Hall–Kier alpha value is -2.08. The predicted molar refractivity (Wildman–Crippen MR) is 110 cm³/mol. The molecule has 1 fully saturated rings. The fraction of sp³-hybridized carbons (Fsp3) is 0.619. The van der Waals surface area contributed by atoms with E-state index in [9.17, 15) is 4.79 Å². The van der Waals surface area contributed by atoms with Gasteiger partial charge in [0.1, 0.15) is 0 Å². The van der Waals surface area contributed by atoms with Gasteiger partial charge in [0.15, 0.2) is 5.96 Å². The number of likely N-dealkylation sites (tertiary alicyclic amines) is 1. The van der Waals surface area contributed by atoms with Gasteiger partial charge in [0.2, 0.25) is 5.91 Å². The number of nitrogens with one attached hydrogen (secondary N) is 2. The lowest BCUT2D eigenvalue weighted by Crippen LogP contribution is -2.47. The molecule has 1 saturated heterocycles. The molecule has 0 bridgehead atoms. The fourth-order valence-corrected chi connectivity index (χ4v) is 3.91. The number of benzene rings is 1. The summed E-state index contributed by atoms with van der Waals surface area (Å²) >= 11 is 0. The van der Waals surface area contributed by atoms with E-state index in [-0.39, 0.29) is 17.9 Å². The first kappa shape index (κ1) is 19.7. The number of hydrogen-bond acceptors (Lipinski definition) is 3. The number of guanidine groups is 1. The number of nitrogens with zero attached hydrogens (tertiary/aromatic N) is 3. The standard InChI is InChI=1S/C21H33N5O/c1-16(2)20(27)26-12-9-19(15-26)24-21(22-3)23-10-13-25-11-8-17-6-4-5-7-18(17)14-25/h4-7,16,19H,8-15H2,1-3H3,(H2,22,23,24). The molecule has 1 unspecified atom stereocenters. The largest absolute Gasteiger partial charge is 0.355 e. The molecule has 0 radical (unpaired) electrons. The zero-order chi connectivity index (χ0) is 19.2. The van der Waals surface area contributed by atoms with Crippen LogP contribution >= 0.6 is 0 Å². The average molecular weight is 372 g/mol. The third-order valence-corrected chi connectivity index (χ3v) is 5.49. The minimum absolute atomic E-state index is 0.0656. The van der Waals surface area contributed by atoms with Crippen LogP contribution in [0, 0.1) is 5.92 Å². The molecule has 2 N–H and O–H groups in total. The van der Waals surface area contributed by atoms with Crippen molar-refractivity contribution in [1.82, 2.24) is 20.4 Å². The fourth-order valence-electron chi connectivity index (χ4n) is 3.91. The summed E-state index contributed by atoms with van der Waals surface area (Å²) in [7, 11) is 1.80. The van der Waals surface area contributed by atoms with Crippen LogP contribution in [0.4, 0.5) is 0 Å². The molecule has 148 valence electrons. The van der Waals surface area contributed by atoms with Gasteiger partial charge < -0.3 is 15.5 Å². The van der Waals surface area contributed by atoms with E-state index >= 15 is 0 Å². The molecule has 27 heavy (non-hydrogen) atoms. The van der Waals surface area contributed by atoms with Crippen molar-refractivity contribution in [2.24, 2.45) is 10.9 Å². The second-order valence-corrected chi connectivity index (χ2v) is 7.86. The third kappa shape index (κ3) is 5.22. The lowest BCUT2D eigenvalue weighted by molar-refractivity contribution is -0.133. The highest BCUT2D eigenvalue weighted by Crippen LogP contribution is 2.17. The van der Waals surface area contributed by atoms with E-state index in [4.69, 9.17) is 0 Å². The van der Waals surface area contributed by atoms with Gasteiger partial charge in [0, 0.05) is 58.3 Å². The molecular formula is C21H33N5O. The van der Waals surface area contributed by atoms with Gasteiger partial charge in [0.05, 0.1) is 0 Å². The second-order valence-electron chi connectivity index (χ2n) is 7.86. The van der Waals surface area contributed by atoms with E-state index in [0.717, 1.165) is 58.1 Å². The van der Waals surface area contributed by atoms with Crippen molar-refractivity contribution in [2.45, 2.75) is 39.3 Å². The number of carbonyl (C=O) groups excluding carboxylic acids is 1. The Morgan fingerprint density at radius 3 is 2.78 bits per heavy atom. The second kappa shape index (κ2) is 9.22. The minimum atomic E-state index is 0.0656. The van der Waals surface area contributed by atoms with Gasteiger partial charge >= 0.3 is 0 Å². The van der Waals surface area contributed by atoms with Gasteiger partial charge in [-0.2, -0.15) is 0 Å². The molecular weight excluding hydrogens is 338 g/mol. The molecule has 0 aliphatic carbocycles. The molecule has 1 aromatic rings. The summed E-state index contributed by atoms with van der Waals surface area (Å²) in [6.45, 7) is 9.52. The van der Waals surface area contributed by atoms with E-state index in [1.165, 1.54) is 11.1 Å². The molecule has 2 aliphatic heterocycles. The molecule has 6 heteroatoms. The molecule has 0 saturated carbocycles. The zero-order valence-electron chi connectivity index (χ0n) is 16.9. The Morgan fingerprint density at radius 1 is 1.26 bits per heavy atom. The topological polar surface area (TPSA) is 60.0 Å². The maximum absolute atomic E-state index is 12.1. The molecule has 0 spiro atoms. The van der Waals surface area contributed by atoms with Crippen LogP contribution in [0.3, 0.4) is 0 Å². The average Bonchev–Trinajstić information content (AvgIpc) is 3.14. The van der Waals surface area contributed by atoms with E-state index < -0.39 is 0 Å². The van der Waals surface area contributed by atoms with Crippen molar-refractivity contribution >= 4 is 11.9 Å². The van der Waals surface area contributed by atoms with E-state index in [1.807, 2.05) is 18.7 Å². The van der Waals surface area contributed by atoms with Crippen molar-refractivity contribution in [3.63, 3.8) is 0 Å². The van der Waals surface area contributed by atoms with Crippen molar-refractivity contribution in [2.75, 3.05) is 39.8 Å². The Labute approximate surface area is 163 Å². The summed E-state index contributed by atoms with van der Waals surface area (Å²) in [5.74, 6) is 1.14. The van der Waals surface area contributed by atoms with Crippen molar-refractivity contribution in [1.29, 1.82) is 0 Å². The number of rotatable bonds is 5. The van der Waals surface area contributed by atoms with Crippen molar-refractivity contribution < 1.29 is 4.79 Å². The molecule has 6 nitrogen and oxygen atoms in total. The molecule has 0 aromatic heterocycles. The number of amides is 1. The number of aliphatic imine (C=N–C) groups is 1. The SMILES string of the molecule is CN=C(NCCN1CCc2ccccc2C1)NC1CCN(C(=O)C(C)C)C1. The smallest absolute Gasteiger partial charge is 0.225 e. The van der Waals surface area contributed by atoms with E-state index in [0.29, 0.717) is 0 Å². The molecule has 2 heterocycles. The number of fused-ring (bicyclic) bond motifs is 1. The van der Waals surface area contributed by atoms with Gasteiger partial charge in [0.25, 0.3) is 0 Å². The summed E-state index contributed by atoms with van der Waals surface area (Å²) in [6, 6.07) is 9.01. The first-order chi connectivity index (χ1) is 13.1. The zero-order valence-corrected chi connectivity index (χ0v) is 16.9. The summed E-state index contributed by atoms with van der Waals surface area (Å²) in [6.07, 6.45) is 2.10. The van der Waals surface area contributed by atoms with Crippen LogP contribution in [-0.2, 0) is 17.8 Å². The molecule has 1 amide bonds. The first-order valence-corrected chi connectivity index (χ1v) is 10.1. The highest BCUT2D eigenvalue weighted by atomic mass is 16.2. The van der Waals surface area contributed by atoms with Crippen LogP contribution < -0.4 is 10.6 Å². The summed E-state index contributed by atoms with van der Waals surface area (Å²) < 4.78 is 0. The van der Waals surface area contributed by atoms with E-state index in [2.05, 4.69) is 44.8 Å². The first-order valence-electron chi connectivity index (χ1n) is 10.1. The highest BCUT2D eigenvalue weighted by Gasteiger charge is 2.28. The number of carbonyl (C=O) groups is 1. The van der Waals surface area contributed by atoms with Crippen LogP contribution in [0.2, 0.25) is 0 Å². The third-order valence-electron chi connectivity index (χ3n) is 5.49. The maximum Gasteiger partial charge on any atom is 0.225 e. The van der Waals surface area contributed by atoms with Crippen molar-refractivity contribution in [3.05, 3.63) is 35.4 Å². The monoisotopic (exact) mass is 371 g/mol. The summed E-state index contributed by atoms with van der Waals surface area (Å²) in [5, 5.41) is 6.90. The molecule has 2 aliphatic rings. The summed E-state index contributed by atoms with van der Waals surface area (Å²) in [5.41, 5.74) is 2.94.